The van der Waals surface area contributed by atoms with Gasteiger partial charge in [-0.2, -0.15) is 0 Å². The number of rotatable bonds is 10. The van der Waals surface area contributed by atoms with E-state index < -0.39 is 0 Å². The molecule has 0 aliphatic rings. The van der Waals surface area contributed by atoms with Crippen molar-refractivity contribution in [2.75, 3.05) is 16.0 Å². The summed E-state index contributed by atoms with van der Waals surface area (Å²) >= 11 is 3.02. The van der Waals surface area contributed by atoms with Crippen LogP contribution in [0.15, 0.2) is 63.1 Å². The van der Waals surface area contributed by atoms with Crippen LogP contribution in [0.1, 0.15) is 39.7 Å². The zero-order valence-corrected chi connectivity index (χ0v) is 20.4. The zero-order valence-electron chi connectivity index (χ0n) is 18.8. The highest BCUT2D eigenvalue weighted by molar-refractivity contribution is 8.01. The molecule has 3 rings (SSSR count). The lowest BCUT2D eigenvalue weighted by Crippen LogP contribution is -2.32. The molecule has 32 heavy (non-hydrogen) atoms. The second-order valence-electron chi connectivity index (χ2n) is 7.24. The second kappa shape index (κ2) is 11.7. The van der Waals surface area contributed by atoms with Gasteiger partial charge in [0.15, 0.2) is 4.34 Å². The highest BCUT2D eigenvalue weighted by Gasteiger charge is 2.16. The molecule has 1 N–H and O–H groups in total. The van der Waals surface area contributed by atoms with Crippen molar-refractivity contribution in [3.63, 3.8) is 0 Å². The summed E-state index contributed by atoms with van der Waals surface area (Å²) in [6, 6.07) is 16.6. The number of azo groups is 1. The maximum Gasteiger partial charge on any atom is 0.252 e. The van der Waals surface area contributed by atoms with Crippen LogP contribution >= 0.6 is 23.1 Å². The molecule has 0 saturated carbocycles. The lowest BCUT2D eigenvalue weighted by Gasteiger charge is -2.31. The van der Waals surface area contributed by atoms with E-state index in [1.807, 2.05) is 36.4 Å². The first kappa shape index (κ1) is 23.9. The van der Waals surface area contributed by atoms with Gasteiger partial charge in [-0.1, -0.05) is 67.3 Å². The Balaban J connectivity index is 1.90. The van der Waals surface area contributed by atoms with E-state index in [0.29, 0.717) is 22.5 Å². The molecule has 0 radical (unpaired) electrons. The van der Waals surface area contributed by atoms with E-state index >= 15 is 0 Å². The van der Waals surface area contributed by atoms with E-state index in [4.69, 9.17) is 0 Å². The van der Waals surface area contributed by atoms with Crippen molar-refractivity contribution in [2.45, 2.75) is 51.0 Å². The summed E-state index contributed by atoms with van der Waals surface area (Å²) in [6.45, 7) is 8.71. The number of hydrogen-bond acceptors (Lipinski definition) is 8. The number of anilines is 2. The summed E-state index contributed by atoms with van der Waals surface area (Å²) in [5, 5.41) is 20.1. The minimum Gasteiger partial charge on any atom is -0.364 e. The predicted molar refractivity (Wildman–Crippen MR) is 134 cm³/mol. The lowest BCUT2D eigenvalue weighted by atomic mass is 10.1. The quantitative estimate of drug-likeness (QED) is 0.260. The molecule has 1 atom stereocenters. The Morgan fingerprint density at radius 3 is 2.62 bits per heavy atom. The fourth-order valence-electron chi connectivity index (χ4n) is 3.10. The number of nitrogens with one attached hydrogen (secondary N) is 1. The average Bonchev–Trinajstić information content (AvgIpc) is 3.24. The molecule has 0 aliphatic carbocycles. The third kappa shape index (κ3) is 6.61. The Hall–Kier alpha value is -2.78. The van der Waals surface area contributed by atoms with Crippen LogP contribution in [0.3, 0.4) is 0 Å². The molecule has 1 heterocycles. The largest absolute Gasteiger partial charge is 0.364 e. The Morgan fingerprint density at radius 2 is 1.94 bits per heavy atom. The third-order valence-electron chi connectivity index (χ3n) is 4.85. The van der Waals surface area contributed by atoms with Gasteiger partial charge in [0.25, 0.3) is 5.13 Å². The molecule has 1 amide bonds. The Kier molecular flexibility index (Phi) is 8.75. The average molecular weight is 469 g/mol. The van der Waals surface area contributed by atoms with Crippen molar-refractivity contribution in [3.8, 4) is 0 Å². The van der Waals surface area contributed by atoms with Gasteiger partial charge in [-0.05, 0) is 42.9 Å². The monoisotopic (exact) mass is 468 g/mol. The number of nitrogens with zero attached hydrogens (tertiary/aromatic N) is 5. The van der Waals surface area contributed by atoms with Crippen LogP contribution in [0, 0.1) is 0 Å². The molecule has 9 heteroatoms. The molecule has 7 nitrogen and oxygen atoms in total. The molecule has 2 aromatic carbocycles. The van der Waals surface area contributed by atoms with Crippen molar-refractivity contribution in [2.24, 2.45) is 10.2 Å². The first-order valence-corrected chi connectivity index (χ1v) is 12.4. The van der Waals surface area contributed by atoms with Crippen LogP contribution in [0.2, 0.25) is 0 Å². The maximum atomic E-state index is 11.9. The van der Waals surface area contributed by atoms with Gasteiger partial charge >= 0.3 is 0 Å². The molecule has 0 saturated heterocycles. The van der Waals surface area contributed by atoms with Gasteiger partial charge in [-0.25, -0.2) is 0 Å². The standard InChI is InChI=1S/C23H28N6OS2/c1-5-16(3)29(15-18-10-8-7-9-11-18)19-12-13-20(21(14-19)24-17(4)30)25-26-22-27-28-23(32-22)31-6-2/h7-14,16H,5-6,15H2,1-4H3,(H,24,30)/b26-25+. The number of benzene rings is 2. The van der Waals surface area contributed by atoms with Crippen molar-refractivity contribution in [1.29, 1.82) is 0 Å². The number of carbonyl (C=O) groups is 1. The molecule has 0 fully saturated rings. The van der Waals surface area contributed by atoms with Crippen LogP contribution in [0.4, 0.5) is 22.2 Å². The molecule has 0 aliphatic heterocycles. The van der Waals surface area contributed by atoms with E-state index in [9.17, 15) is 4.79 Å². The number of amides is 1. The summed E-state index contributed by atoms with van der Waals surface area (Å²) < 4.78 is 0.865. The zero-order chi connectivity index (χ0) is 22.9. The molecule has 3 aromatic rings. The van der Waals surface area contributed by atoms with Crippen LogP contribution in [-0.2, 0) is 11.3 Å². The third-order valence-corrected chi connectivity index (χ3v) is 6.67. The smallest absolute Gasteiger partial charge is 0.252 e. The van der Waals surface area contributed by atoms with Gasteiger partial charge in [0.05, 0.1) is 5.69 Å². The molecule has 1 unspecified atom stereocenters. The van der Waals surface area contributed by atoms with Gasteiger partial charge in [0.2, 0.25) is 5.91 Å². The summed E-state index contributed by atoms with van der Waals surface area (Å²) in [5.74, 6) is 0.768. The fraction of sp³-hybridized carbons (Fsp3) is 0.348. The molecular formula is C23H28N6OS2. The van der Waals surface area contributed by atoms with Crippen LogP contribution in [-0.4, -0.2) is 27.9 Å². The predicted octanol–water partition coefficient (Wildman–Crippen LogP) is 6.83. The van der Waals surface area contributed by atoms with Gasteiger partial charge < -0.3 is 10.2 Å². The Bertz CT molecular complexity index is 1050. The van der Waals surface area contributed by atoms with Crippen molar-refractivity contribution in [3.05, 3.63) is 54.1 Å². The van der Waals surface area contributed by atoms with Crippen molar-refractivity contribution >= 4 is 51.2 Å². The second-order valence-corrected chi connectivity index (χ2v) is 9.70. The Labute approximate surface area is 197 Å². The minimum atomic E-state index is -0.158. The molecule has 1 aromatic heterocycles. The first-order chi connectivity index (χ1) is 15.5. The van der Waals surface area contributed by atoms with Gasteiger partial charge in [0, 0.05) is 25.2 Å². The van der Waals surface area contributed by atoms with E-state index in [0.717, 1.165) is 28.7 Å². The van der Waals surface area contributed by atoms with Crippen LogP contribution in [0.25, 0.3) is 0 Å². The summed E-state index contributed by atoms with van der Waals surface area (Å²) in [6.07, 6.45) is 0.999. The van der Waals surface area contributed by atoms with E-state index in [2.05, 4.69) is 63.5 Å². The van der Waals surface area contributed by atoms with Gasteiger partial charge in [-0.15, -0.1) is 20.4 Å². The summed E-state index contributed by atoms with van der Waals surface area (Å²) in [5.41, 5.74) is 3.44. The first-order valence-electron chi connectivity index (χ1n) is 10.6. The minimum absolute atomic E-state index is 0.158. The molecule has 168 valence electrons. The highest BCUT2D eigenvalue weighted by atomic mass is 32.2. The van der Waals surface area contributed by atoms with Gasteiger partial charge in [-0.3, -0.25) is 4.79 Å². The number of thioether (sulfide) groups is 1. The van der Waals surface area contributed by atoms with E-state index in [1.54, 1.807) is 11.8 Å². The maximum absolute atomic E-state index is 11.9. The van der Waals surface area contributed by atoms with E-state index in [1.165, 1.54) is 23.8 Å². The van der Waals surface area contributed by atoms with Crippen molar-refractivity contribution < 1.29 is 4.79 Å². The highest BCUT2D eigenvalue weighted by Crippen LogP contribution is 2.34. The fourth-order valence-corrected chi connectivity index (χ4v) is 4.66. The lowest BCUT2D eigenvalue weighted by molar-refractivity contribution is -0.114. The van der Waals surface area contributed by atoms with Gasteiger partial charge in [0.1, 0.15) is 5.69 Å². The van der Waals surface area contributed by atoms with Crippen LogP contribution < -0.4 is 10.2 Å². The van der Waals surface area contributed by atoms with Crippen molar-refractivity contribution in [1.82, 2.24) is 10.2 Å². The SMILES string of the molecule is CCSc1nnc(/N=N/c2ccc(N(Cc3ccccc3)C(C)CC)cc2NC(C)=O)s1. The molecule has 0 spiro atoms. The Morgan fingerprint density at radius 1 is 1.16 bits per heavy atom. The topological polar surface area (TPSA) is 82.8 Å². The summed E-state index contributed by atoms with van der Waals surface area (Å²) in [4.78, 5) is 14.2. The molecule has 0 bridgehead atoms. The van der Waals surface area contributed by atoms with E-state index in [-0.39, 0.29) is 5.91 Å². The number of aromatic nitrogens is 2. The number of hydrogen-bond donors (Lipinski definition) is 1. The normalized spacial score (nSPS) is 12.1. The molecular weight excluding hydrogens is 440 g/mol. The summed E-state index contributed by atoms with van der Waals surface area (Å²) in [7, 11) is 0. The van der Waals surface area contributed by atoms with Crippen LogP contribution in [0.5, 0.6) is 0 Å². The number of carbonyl (C=O) groups excluding carboxylic acids is 1.